The third-order valence-electron chi connectivity index (χ3n) is 5.68. The fourth-order valence-corrected chi connectivity index (χ4v) is 4.39. The van der Waals surface area contributed by atoms with Crippen molar-refractivity contribution in [2.45, 2.75) is 31.5 Å². The second-order valence-electron chi connectivity index (χ2n) is 7.16. The molecule has 25 heavy (non-hydrogen) atoms. The van der Waals surface area contributed by atoms with Gasteiger partial charge >= 0.3 is 0 Å². The molecule has 0 spiro atoms. The maximum Gasteiger partial charge on any atom is 0.253 e. The van der Waals surface area contributed by atoms with E-state index in [9.17, 15) is 9.18 Å². The number of likely N-dealkylation sites (tertiary alicyclic amines) is 2. The molecular weight excluding hydrogens is 319 g/mol. The zero-order valence-corrected chi connectivity index (χ0v) is 14.4. The van der Waals surface area contributed by atoms with Crippen molar-refractivity contribution in [3.05, 3.63) is 54.1 Å². The average Bonchev–Trinajstić information content (AvgIpc) is 3.23. The first-order valence-corrected chi connectivity index (χ1v) is 8.86. The van der Waals surface area contributed by atoms with E-state index < -0.39 is 0 Å². The molecule has 0 saturated carbocycles. The molecule has 2 aliphatic rings. The Bertz CT molecular complexity index is 748. The fraction of sp³-hybridized carbons (Fsp3) is 0.474. The number of carbonyl (C=O) groups excluding carboxylic acids is 1. The van der Waals surface area contributed by atoms with Gasteiger partial charge in [0.25, 0.3) is 5.91 Å². The van der Waals surface area contributed by atoms with Crippen molar-refractivity contribution in [3.8, 4) is 0 Å². The number of benzene rings is 1. The third kappa shape index (κ3) is 3.18. The summed E-state index contributed by atoms with van der Waals surface area (Å²) in [5, 5.41) is 4.31. The lowest BCUT2D eigenvalue weighted by Crippen LogP contribution is -2.47. The van der Waals surface area contributed by atoms with Crippen molar-refractivity contribution in [2.75, 3.05) is 20.1 Å². The molecule has 0 aliphatic carbocycles. The summed E-state index contributed by atoms with van der Waals surface area (Å²) in [5.74, 6) is 0.0496. The number of hydrogen-bond donors (Lipinski definition) is 0. The topological polar surface area (TPSA) is 41.4 Å². The minimum Gasteiger partial charge on any atom is -0.338 e. The summed E-state index contributed by atoms with van der Waals surface area (Å²) in [6.07, 6.45) is 5.84. The number of rotatable bonds is 3. The fourth-order valence-electron chi connectivity index (χ4n) is 4.39. The molecule has 0 radical (unpaired) electrons. The number of piperidine rings is 1. The van der Waals surface area contributed by atoms with Crippen LogP contribution in [-0.2, 0) is 6.54 Å². The second kappa shape index (κ2) is 6.59. The quantitative estimate of drug-likeness (QED) is 0.859. The highest BCUT2D eigenvalue weighted by Crippen LogP contribution is 2.35. The maximum absolute atomic E-state index is 13.4. The van der Waals surface area contributed by atoms with Crippen LogP contribution in [0, 0.1) is 11.7 Å². The standard InChI is InChI=1S/C19H23FN4O/c1-22-17(13-24-8-3-7-21-24)11-15-12-23(9-6-18(15)22)19(25)14-4-2-5-16(20)10-14/h2-5,7-8,10,15,17-18H,6,9,11-13H2,1H3/t15-,17+,18+/m0/s1. The zero-order chi connectivity index (χ0) is 17.4. The first-order valence-electron chi connectivity index (χ1n) is 8.86. The molecule has 2 fully saturated rings. The Labute approximate surface area is 147 Å². The molecule has 0 unspecified atom stereocenters. The molecule has 3 atom stereocenters. The van der Waals surface area contributed by atoms with E-state index in [1.54, 1.807) is 18.3 Å². The smallest absolute Gasteiger partial charge is 0.253 e. The summed E-state index contributed by atoms with van der Waals surface area (Å²) < 4.78 is 15.4. The van der Waals surface area contributed by atoms with Crippen LogP contribution in [0.1, 0.15) is 23.2 Å². The van der Waals surface area contributed by atoms with Gasteiger partial charge in [-0.05, 0) is 50.1 Å². The lowest BCUT2D eigenvalue weighted by molar-refractivity contribution is 0.0606. The number of hydrogen-bond acceptors (Lipinski definition) is 3. The molecule has 1 amide bonds. The number of halogens is 1. The van der Waals surface area contributed by atoms with Crippen molar-refractivity contribution < 1.29 is 9.18 Å². The molecule has 132 valence electrons. The van der Waals surface area contributed by atoms with Gasteiger partial charge in [-0.1, -0.05) is 6.07 Å². The van der Waals surface area contributed by atoms with Crippen LogP contribution in [0.4, 0.5) is 4.39 Å². The zero-order valence-electron chi connectivity index (χ0n) is 14.4. The number of aromatic nitrogens is 2. The highest BCUT2D eigenvalue weighted by atomic mass is 19.1. The first kappa shape index (κ1) is 16.3. The molecule has 1 aromatic heterocycles. The van der Waals surface area contributed by atoms with Crippen LogP contribution in [0.15, 0.2) is 42.7 Å². The van der Waals surface area contributed by atoms with Crippen LogP contribution in [0.25, 0.3) is 0 Å². The Kier molecular flexibility index (Phi) is 4.29. The van der Waals surface area contributed by atoms with Crippen molar-refractivity contribution >= 4 is 5.91 Å². The summed E-state index contributed by atoms with van der Waals surface area (Å²) >= 11 is 0. The van der Waals surface area contributed by atoms with Crippen LogP contribution < -0.4 is 0 Å². The highest BCUT2D eigenvalue weighted by Gasteiger charge is 2.43. The van der Waals surface area contributed by atoms with E-state index in [0.29, 0.717) is 23.6 Å². The Hall–Kier alpha value is -2.21. The number of amides is 1. The first-order chi connectivity index (χ1) is 12.1. The Morgan fingerprint density at radius 2 is 2.24 bits per heavy atom. The summed E-state index contributed by atoms with van der Waals surface area (Å²) in [6.45, 7) is 2.36. The molecule has 2 aromatic rings. The van der Waals surface area contributed by atoms with Gasteiger partial charge in [0, 0.05) is 43.1 Å². The Morgan fingerprint density at radius 3 is 3.00 bits per heavy atom. The van der Waals surface area contributed by atoms with E-state index in [1.807, 2.05) is 21.8 Å². The molecule has 0 N–H and O–H groups in total. The minimum absolute atomic E-state index is 0.0591. The van der Waals surface area contributed by atoms with Gasteiger partial charge in [-0.15, -0.1) is 0 Å². The van der Waals surface area contributed by atoms with Crippen LogP contribution in [-0.4, -0.2) is 57.7 Å². The predicted octanol–water partition coefficient (Wildman–Crippen LogP) is 2.26. The van der Waals surface area contributed by atoms with E-state index in [-0.39, 0.29) is 11.7 Å². The lowest BCUT2D eigenvalue weighted by atomic mass is 9.91. The van der Waals surface area contributed by atoms with E-state index >= 15 is 0 Å². The summed E-state index contributed by atoms with van der Waals surface area (Å²) in [6, 6.07) is 8.89. The molecule has 0 bridgehead atoms. The molecule has 1 aromatic carbocycles. The molecule has 2 aliphatic heterocycles. The number of nitrogens with zero attached hydrogens (tertiary/aromatic N) is 4. The van der Waals surface area contributed by atoms with Crippen molar-refractivity contribution in [1.29, 1.82) is 0 Å². The minimum atomic E-state index is -0.361. The van der Waals surface area contributed by atoms with E-state index in [2.05, 4.69) is 17.0 Å². The van der Waals surface area contributed by atoms with Gasteiger partial charge in [0.1, 0.15) is 5.82 Å². The highest BCUT2D eigenvalue weighted by molar-refractivity contribution is 5.94. The van der Waals surface area contributed by atoms with Crippen LogP contribution in [0.3, 0.4) is 0 Å². The molecule has 3 heterocycles. The normalized spacial score (nSPS) is 26.6. The lowest BCUT2D eigenvalue weighted by Gasteiger charge is -2.37. The van der Waals surface area contributed by atoms with Crippen molar-refractivity contribution in [2.24, 2.45) is 5.92 Å². The molecule has 4 rings (SSSR count). The van der Waals surface area contributed by atoms with Crippen molar-refractivity contribution in [3.63, 3.8) is 0 Å². The average molecular weight is 342 g/mol. The van der Waals surface area contributed by atoms with Crippen LogP contribution >= 0.6 is 0 Å². The Balaban J connectivity index is 1.43. The van der Waals surface area contributed by atoms with Gasteiger partial charge in [-0.3, -0.25) is 14.4 Å². The third-order valence-corrected chi connectivity index (χ3v) is 5.68. The second-order valence-corrected chi connectivity index (χ2v) is 7.16. The largest absolute Gasteiger partial charge is 0.338 e. The van der Waals surface area contributed by atoms with Gasteiger partial charge in [0.15, 0.2) is 0 Å². The number of likely N-dealkylation sites (N-methyl/N-ethyl adjacent to an activating group) is 1. The van der Waals surface area contributed by atoms with E-state index in [1.165, 1.54) is 12.1 Å². The van der Waals surface area contributed by atoms with E-state index in [4.69, 9.17) is 0 Å². The van der Waals surface area contributed by atoms with Gasteiger partial charge in [0.05, 0.1) is 6.54 Å². The molecule has 5 nitrogen and oxygen atoms in total. The Morgan fingerprint density at radius 1 is 1.36 bits per heavy atom. The molecular formula is C19H23FN4O. The van der Waals surface area contributed by atoms with Gasteiger partial charge in [-0.25, -0.2) is 4.39 Å². The molecule has 2 saturated heterocycles. The number of carbonyl (C=O) groups is 1. The summed E-state index contributed by atoms with van der Waals surface area (Å²) in [7, 11) is 2.18. The monoisotopic (exact) mass is 342 g/mol. The van der Waals surface area contributed by atoms with Crippen LogP contribution in [0.5, 0.6) is 0 Å². The van der Waals surface area contributed by atoms with Gasteiger partial charge in [-0.2, -0.15) is 5.10 Å². The summed E-state index contributed by atoms with van der Waals surface area (Å²) in [4.78, 5) is 17.0. The molecule has 6 heteroatoms. The maximum atomic E-state index is 13.4. The van der Waals surface area contributed by atoms with E-state index in [0.717, 1.165) is 32.5 Å². The van der Waals surface area contributed by atoms with Gasteiger partial charge < -0.3 is 4.90 Å². The van der Waals surface area contributed by atoms with Crippen molar-refractivity contribution in [1.82, 2.24) is 19.6 Å². The predicted molar refractivity (Wildman–Crippen MR) is 92.6 cm³/mol. The van der Waals surface area contributed by atoms with Gasteiger partial charge in [0.2, 0.25) is 0 Å². The number of fused-ring (bicyclic) bond motifs is 1. The SMILES string of the molecule is CN1[C@@H](Cn2cccn2)C[C@H]2CN(C(=O)c3cccc(F)c3)CC[C@H]21. The van der Waals surface area contributed by atoms with Crippen LogP contribution in [0.2, 0.25) is 0 Å². The summed E-state index contributed by atoms with van der Waals surface area (Å²) in [5.41, 5.74) is 0.442.